The van der Waals surface area contributed by atoms with Crippen molar-refractivity contribution in [2.24, 2.45) is 29.6 Å². The summed E-state index contributed by atoms with van der Waals surface area (Å²) in [5.41, 5.74) is 0. The molecule has 0 heterocycles. The molecule has 78 valence electrons. The minimum absolute atomic E-state index is 0.330. The van der Waals surface area contributed by atoms with E-state index < -0.39 is 0 Å². The fraction of sp³-hybridized carbons (Fsp3) is 0.643. The summed E-state index contributed by atoms with van der Waals surface area (Å²) < 4.78 is 0. The van der Waals surface area contributed by atoms with Crippen LogP contribution in [0.25, 0.3) is 0 Å². The molecule has 0 aromatic rings. The van der Waals surface area contributed by atoms with Crippen molar-refractivity contribution in [2.45, 2.75) is 26.2 Å². The van der Waals surface area contributed by atoms with Crippen LogP contribution in [0.2, 0.25) is 0 Å². The van der Waals surface area contributed by atoms with Gasteiger partial charge in [-0.1, -0.05) is 25.0 Å². The molecule has 1 heteroatoms. The maximum absolute atomic E-state index is 11.9. The van der Waals surface area contributed by atoms with Gasteiger partial charge in [0.1, 0.15) is 5.78 Å². The fourth-order valence-electron chi connectivity index (χ4n) is 3.73. The Morgan fingerprint density at radius 3 is 3.00 bits per heavy atom. The van der Waals surface area contributed by atoms with E-state index in [2.05, 4.69) is 30.9 Å². The van der Waals surface area contributed by atoms with Crippen LogP contribution < -0.4 is 0 Å². The van der Waals surface area contributed by atoms with E-state index in [1.807, 2.05) is 0 Å². The number of fused-ring (bicyclic) bond motifs is 5. The summed E-state index contributed by atoms with van der Waals surface area (Å²) >= 11 is 0. The van der Waals surface area contributed by atoms with Gasteiger partial charge in [0.2, 0.25) is 0 Å². The van der Waals surface area contributed by atoms with Crippen LogP contribution in [0.4, 0.5) is 0 Å². The minimum Gasteiger partial charge on any atom is -0.299 e. The van der Waals surface area contributed by atoms with Crippen molar-refractivity contribution in [1.29, 1.82) is 0 Å². The van der Waals surface area contributed by atoms with E-state index in [-0.39, 0.29) is 0 Å². The Morgan fingerprint density at radius 2 is 2.20 bits per heavy atom. The number of hydrogen-bond donors (Lipinski definition) is 0. The van der Waals surface area contributed by atoms with Crippen LogP contribution in [0.5, 0.6) is 0 Å². The lowest BCUT2D eigenvalue weighted by Crippen LogP contribution is -2.21. The average Bonchev–Trinajstić information content (AvgIpc) is 2.88. The smallest absolute Gasteiger partial charge is 0.138 e. The van der Waals surface area contributed by atoms with Crippen LogP contribution in [0, 0.1) is 41.4 Å². The molecule has 3 aliphatic carbocycles. The molecule has 0 aromatic carbocycles. The van der Waals surface area contributed by atoms with E-state index >= 15 is 0 Å². The summed E-state index contributed by atoms with van der Waals surface area (Å²) in [6, 6.07) is 0. The van der Waals surface area contributed by atoms with Gasteiger partial charge >= 0.3 is 0 Å². The molecule has 0 spiro atoms. The van der Waals surface area contributed by atoms with Gasteiger partial charge in [-0.3, -0.25) is 4.79 Å². The summed E-state index contributed by atoms with van der Waals surface area (Å²) in [6.45, 7) is 2.07. The Bertz CT molecular complexity index is 382. The summed E-state index contributed by atoms with van der Waals surface area (Å²) in [6.07, 6.45) is 7.43. The molecule has 0 N–H and O–H groups in total. The molecular formula is C14H16O. The molecule has 0 aromatic heterocycles. The lowest BCUT2D eigenvalue weighted by molar-refractivity contribution is -0.121. The standard InChI is InChI=1S/C14H16O/c1-2-3-4-9-8-12(15)14-11-6-5-10(7-11)13(9)14/h5-6,9-11,13-14H,2,7-8H2,1H3. The zero-order chi connectivity index (χ0) is 10.4. The van der Waals surface area contributed by atoms with Crippen molar-refractivity contribution in [3.8, 4) is 11.8 Å². The summed E-state index contributed by atoms with van der Waals surface area (Å²) in [4.78, 5) is 11.9. The Labute approximate surface area is 90.9 Å². The van der Waals surface area contributed by atoms with Gasteiger partial charge in [-0.2, -0.15) is 0 Å². The van der Waals surface area contributed by atoms with E-state index in [0.717, 1.165) is 12.8 Å². The van der Waals surface area contributed by atoms with Crippen molar-refractivity contribution in [3.05, 3.63) is 12.2 Å². The molecular weight excluding hydrogens is 184 g/mol. The first-order chi connectivity index (χ1) is 7.31. The molecule has 5 atom stereocenters. The van der Waals surface area contributed by atoms with Gasteiger partial charge in [-0.05, 0) is 24.2 Å². The Kier molecular flexibility index (Phi) is 1.99. The molecule has 0 aliphatic heterocycles. The van der Waals surface area contributed by atoms with Crippen molar-refractivity contribution in [3.63, 3.8) is 0 Å². The van der Waals surface area contributed by atoms with Gasteiger partial charge in [-0.25, -0.2) is 0 Å². The third kappa shape index (κ3) is 1.21. The molecule has 2 saturated carbocycles. The van der Waals surface area contributed by atoms with Gasteiger partial charge in [-0.15, -0.1) is 5.92 Å². The molecule has 0 saturated heterocycles. The van der Waals surface area contributed by atoms with Gasteiger partial charge in [0.05, 0.1) is 0 Å². The van der Waals surface area contributed by atoms with Gasteiger partial charge in [0, 0.05) is 24.7 Å². The van der Waals surface area contributed by atoms with Crippen LogP contribution in [-0.2, 0) is 4.79 Å². The van der Waals surface area contributed by atoms with E-state index in [4.69, 9.17) is 0 Å². The lowest BCUT2D eigenvalue weighted by atomic mass is 9.81. The first-order valence-electron chi connectivity index (χ1n) is 6.00. The van der Waals surface area contributed by atoms with Crippen molar-refractivity contribution in [2.75, 3.05) is 0 Å². The van der Waals surface area contributed by atoms with E-state index in [0.29, 0.717) is 35.4 Å². The number of carbonyl (C=O) groups is 1. The number of Topliss-reactive ketones (excluding diaryl/α,β-unsaturated/α-hetero) is 1. The molecule has 0 radical (unpaired) electrons. The van der Waals surface area contributed by atoms with E-state index in [1.165, 1.54) is 6.42 Å². The van der Waals surface area contributed by atoms with Crippen LogP contribution in [0.15, 0.2) is 12.2 Å². The molecule has 1 nitrogen and oxygen atoms in total. The Balaban J connectivity index is 1.90. The number of hydrogen-bond acceptors (Lipinski definition) is 1. The normalized spacial score (nSPS) is 45.4. The highest BCUT2D eigenvalue weighted by molar-refractivity contribution is 5.86. The van der Waals surface area contributed by atoms with Crippen molar-refractivity contribution < 1.29 is 4.79 Å². The fourth-order valence-corrected chi connectivity index (χ4v) is 3.73. The third-order valence-electron chi connectivity index (χ3n) is 4.24. The summed E-state index contributed by atoms with van der Waals surface area (Å²) in [7, 11) is 0. The Hall–Kier alpha value is -1.03. The largest absolute Gasteiger partial charge is 0.299 e. The van der Waals surface area contributed by atoms with E-state index in [1.54, 1.807) is 0 Å². The second-order valence-corrected chi connectivity index (χ2v) is 5.00. The highest BCUT2D eigenvalue weighted by Crippen LogP contribution is 2.56. The maximum Gasteiger partial charge on any atom is 0.138 e. The molecule has 5 unspecified atom stereocenters. The topological polar surface area (TPSA) is 17.1 Å². The van der Waals surface area contributed by atoms with E-state index in [9.17, 15) is 4.79 Å². The molecule has 15 heavy (non-hydrogen) atoms. The Morgan fingerprint density at radius 1 is 1.40 bits per heavy atom. The van der Waals surface area contributed by atoms with Crippen molar-refractivity contribution >= 4 is 5.78 Å². The van der Waals surface area contributed by atoms with Gasteiger partial charge < -0.3 is 0 Å². The number of rotatable bonds is 0. The first kappa shape index (κ1) is 9.21. The molecule has 2 fully saturated rings. The molecule has 2 bridgehead atoms. The van der Waals surface area contributed by atoms with Crippen LogP contribution >= 0.6 is 0 Å². The van der Waals surface area contributed by atoms with Crippen LogP contribution in [0.1, 0.15) is 26.2 Å². The maximum atomic E-state index is 11.9. The highest BCUT2D eigenvalue weighted by atomic mass is 16.1. The average molecular weight is 200 g/mol. The third-order valence-corrected chi connectivity index (χ3v) is 4.24. The summed E-state index contributed by atoms with van der Waals surface area (Å²) in [5, 5.41) is 0. The zero-order valence-electron chi connectivity index (χ0n) is 9.07. The predicted molar refractivity (Wildman–Crippen MR) is 58.9 cm³/mol. The second-order valence-electron chi connectivity index (χ2n) is 5.00. The monoisotopic (exact) mass is 200 g/mol. The van der Waals surface area contributed by atoms with Crippen LogP contribution in [0.3, 0.4) is 0 Å². The number of carbonyl (C=O) groups excluding carboxylic acids is 1. The zero-order valence-corrected chi connectivity index (χ0v) is 9.07. The SMILES string of the molecule is CCC#CC1CC(=O)C2C3C=CC(C3)C12. The molecule has 3 aliphatic rings. The van der Waals surface area contributed by atoms with Crippen LogP contribution in [-0.4, -0.2) is 5.78 Å². The first-order valence-corrected chi connectivity index (χ1v) is 6.00. The lowest BCUT2D eigenvalue weighted by Gasteiger charge is -2.21. The second kappa shape index (κ2) is 3.23. The van der Waals surface area contributed by atoms with Gasteiger partial charge in [0.15, 0.2) is 0 Å². The highest BCUT2D eigenvalue weighted by Gasteiger charge is 2.54. The molecule has 0 amide bonds. The number of ketones is 1. The van der Waals surface area contributed by atoms with Gasteiger partial charge in [0.25, 0.3) is 0 Å². The van der Waals surface area contributed by atoms with Crippen molar-refractivity contribution in [1.82, 2.24) is 0 Å². The summed E-state index contributed by atoms with van der Waals surface area (Å²) in [5.74, 6) is 9.42. The quantitative estimate of drug-likeness (QED) is 0.433. The predicted octanol–water partition coefficient (Wildman–Crippen LogP) is 2.43. The number of allylic oxidation sites excluding steroid dienone is 2. The molecule has 3 rings (SSSR count). The minimum atomic E-state index is 0.330.